The highest BCUT2D eigenvalue weighted by atomic mass is 32.1. The molecule has 4 N–H and O–H groups in total. The molecule has 3 nitrogen and oxygen atoms in total. The van der Waals surface area contributed by atoms with E-state index < -0.39 is 11.6 Å². The van der Waals surface area contributed by atoms with Crippen molar-refractivity contribution in [2.24, 2.45) is 5.73 Å². The molecule has 1 aliphatic carbocycles. The van der Waals surface area contributed by atoms with E-state index in [1.165, 1.54) is 28.8 Å². The minimum Gasteiger partial charge on any atom is -0.375 e. The smallest absolute Gasteiger partial charge is 0.126 e. The number of fused-ring (bicyclic) bond motifs is 1. The van der Waals surface area contributed by atoms with Crippen LogP contribution in [0.3, 0.4) is 0 Å². The van der Waals surface area contributed by atoms with E-state index in [0.29, 0.717) is 23.5 Å². The van der Waals surface area contributed by atoms with Gasteiger partial charge >= 0.3 is 0 Å². The number of aryl methyl sites for hydroxylation is 2. The van der Waals surface area contributed by atoms with Crippen molar-refractivity contribution in [3.8, 4) is 0 Å². The zero-order valence-electron chi connectivity index (χ0n) is 17.7. The van der Waals surface area contributed by atoms with Crippen molar-refractivity contribution in [1.82, 2.24) is 10.6 Å². The van der Waals surface area contributed by atoms with E-state index in [-0.39, 0.29) is 18.1 Å². The quantitative estimate of drug-likeness (QED) is 0.543. The molecule has 3 unspecified atom stereocenters. The number of hydrogen-bond acceptors (Lipinski definition) is 3. The first-order chi connectivity index (χ1) is 14.4. The second-order valence-electron chi connectivity index (χ2n) is 8.19. The summed E-state index contributed by atoms with van der Waals surface area (Å²) in [5, 5.41) is 6.85. The molecule has 3 atom stereocenters. The summed E-state index contributed by atoms with van der Waals surface area (Å²) in [4.78, 5) is 0.614. The number of halogens is 2. The van der Waals surface area contributed by atoms with Gasteiger partial charge in [0.15, 0.2) is 0 Å². The Balaban J connectivity index is 1.69. The Bertz CT molecular complexity index is 866. The van der Waals surface area contributed by atoms with Crippen molar-refractivity contribution in [1.29, 1.82) is 0 Å². The molecular weight excluding hydrogens is 400 g/mol. The summed E-state index contributed by atoms with van der Waals surface area (Å²) < 4.78 is 27.2. The third kappa shape index (κ3) is 6.06. The highest BCUT2D eigenvalue weighted by molar-refractivity contribution is 7.80. The number of hydrogen-bond donors (Lipinski definition) is 3. The number of nitrogens with one attached hydrogen (secondary N) is 2. The van der Waals surface area contributed by atoms with Crippen LogP contribution in [0.5, 0.6) is 0 Å². The van der Waals surface area contributed by atoms with Crippen molar-refractivity contribution in [2.45, 2.75) is 64.1 Å². The molecule has 1 aliphatic rings. The Morgan fingerprint density at radius 1 is 1.17 bits per heavy atom. The molecular formula is C24H31F2N3S. The molecule has 0 saturated carbocycles. The van der Waals surface area contributed by atoms with Crippen LogP contribution in [-0.2, 0) is 19.3 Å². The second-order valence-corrected chi connectivity index (χ2v) is 8.80. The lowest BCUT2D eigenvalue weighted by atomic mass is 9.86. The molecule has 30 heavy (non-hydrogen) atoms. The summed E-state index contributed by atoms with van der Waals surface area (Å²) in [5.74, 6) is -1.17. The lowest BCUT2D eigenvalue weighted by molar-refractivity contribution is 0.398. The van der Waals surface area contributed by atoms with Crippen LogP contribution in [0.15, 0.2) is 36.4 Å². The number of nitrogens with two attached hydrogens (primary N) is 1. The molecule has 0 bridgehead atoms. The van der Waals surface area contributed by atoms with Gasteiger partial charge in [-0.25, -0.2) is 8.78 Å². The lowest BCUT2D eigenvalue weighted by Crippen LogP contribution is -2.53. The van der Waals surface area contributed by atoms with Crippen LogP contribution < -0.4 is 16.4 Å². The van der Waals surface area contributed by atoms with Gasteiger partial charge in [0.25, 0.3) is 0 Å². The van der Waals surface area contributed by atoms with Crippen molar-refractivity contribution < 1.29 is 8.78 Å². The molecule has 0 amide bonds. The first kappa shape index (κ1) is 22.8. The Hall–Kier alpha value is -1.89. The largest absolute Gasteiger partial charge is 0.375 e. The van der Waals surface area contributed by atoms with Gasteiger partial charge in [-0.15, -0.1) is 0 Å². The average Bonchev–Trinajstić information content (AvgIpc) is 2.70. The van der Waals surface area contributed by atoms with E-state index >= 15 is 0 Å². The summed E-state index contributed by atoms with van der Waals surface area (Å²) in [5.41, 5.74) is 11.2. The molecule has 0 aliphatic heterocycles. The average molecular weight is 432 g/mol. The maximum absolute atomic E-state index is 13.6. The predicted molar refractivity (Wildman–Crippen MR) is 123 cm³/mol. The van der Waals surface area contributed by atoms with Crippen LogP contribution in [-0.4, -0.2) is 23.6 Å². The van der Waals surface area contributed by atoms with Crippen LogP contribution in [0.25, 0.3) is 0 Å². The molecule has 2 aromatic rings. The first-order valence-corrected chi connectivity index (χ1v) is 11.1. The van der Waals surface area contributed by atoms with Gasteiger partial charge < -0.3 is 16.4 Å². The number of rotatable bonds is 8. The normalized spacial score (nSPS) is 17.8. The summed E-state index contributed by atoms with van der Waals surface area (Å²) >= 11 is 5.21. The van der Waals surface area contributed by atoms with Crippen molar-refractivity contribution >= 4 is 17.2 Å². The SMILES string of the molecule is CCc1ccc2c(c1)C(NCC(N)C(Cc1cc(F)cc(F)c1)NC(C)=S)CCC2. The second kappa shape index (κ2) is 10.4. The van der Waals surface area contributed by atoms with Gasteiger partial charge in [-0.1, -0.05) is 37.3 Å². The molecule has 0 spiro atoms. The zero-order chi connectivity index (χ0) is 21.7. The van der Waals surface area contributed by atoms with E-state index in [1.807, 2.05) is 0 Å². The Morgan fingerprint density at radius 3 is 2.57 bits per heavy atom. The number of benzene rings is 2. The van der Waals surface area contributed by atoms with Crippen molar-refractivity contribution in [2.75, 3.05) is 6.54 Å². The van der Waals surface area contributed by atoms with Crippen LogP contribution >= 0.6 is 12.2 Å². The predicted octanol–water partition coefficient (Wildman–Crippen LogP) is 4.37. The molecule has 0 aromatic heterocycles. The molecule has 162 valence electrons. The third-order valence-electron chi connectivity index (χ3n) is 5.82. The van der Waals surface area contributed by atoms with Crippen LogP contribution in [0.1, 0.15) is 55.0 Å². The van der Waals surface area contributed by atoms with Gasteiger partial charge in [-0.2, -0.15) is 0 Å². The van der Waals surface area contributed by atoms with E-state index in [9.17, 15) is 8.78 Å². The minimum absolute atomic E-state index is 0.221. The molecule has 0 saturated heterocycles. The maximum atomic E-state index is 13.6. The highest BCUT2D eigenvalue weighted by Gasteiger charge is 2.24. The van der Waals surface area contributed by atoms with Crippen LogP contribution in [0.4, 0.5) is 8.78 Å². The van der Waals surface area contributed by atoms with Gasteiger partial charge in [0, 0.05) is 30.7 Å². The van der Waals surface area contributed by atoms with Crippen LogP contribution in [0.2, 0.25) is 0 Å². The summed E-state index contributed by atoms with van der Waals surface area (Å²) in [6, 6.07) is 10.1. The van der Waals surface area contributed by atoms with E-state index in [1.54, 1.807) is 6.92 Å². The highest BCUT2D eigenvalue weighted by Crippen LogP contribution is 2.30. The van der Waals surface area contributed by atoms with Gasteiger partial charge in [0.05, 0.1) is 4.99 Å². The summed E-state index contributed by atoms with van der Waals surface area (Å²) in [7, 11) is 0. The fourth-order valence-electron chi connectivity index (χ4n) is 4.25. The minimum atomic E-state index is -0.583. The molecule has 2 aromatic carbocycles. The van der Waals surface area contributed by atoms with E-state index in [2.05, 4.69) is 35.8 Å². The van der Waals surface area contributed by atoms with Crippen LogP contribution in [0, 0.1) is 11.6 Å². The first-order valence-electron chi connectivity index (χ1n) is 10.7. The van der Waals surface area contributed by atoms with Crippen molar-refractivity contribution in [3.63, 3.8) is 0 Å². The fraction of sp³-hybridized carbons (Fsp3) is 0.458. The molecule has 0 heterocycles. The zero-order valence-corrected chi connectivity index (χ0v) is 18.5. The fourth-order valence-corrected chi connectivity index (χ4v) is 4.41. The maximum Gasteiger partial charge on any atom is 0.126 e. The molecule has 0 radical (unpaired) electrons. The summed E-state index contributed by atoms with van der Waals surface area (Å²) in [6.07, 6.45) is 4.75. The van der Waals surface area contributed by atoms with Gasteiger partial charge in [-0.3, -0.25) is 0 Å². The molecule has 6 heteroatoms. The van der Waals surface area contributed by atoms with Gasteiger partial charge in [0.1, 0.15) is 11.6 Å². The standard InChI is InChI=1S/C24H31F2N3S/c1-3-16-7-8-18-5-4-6-23(21(18)11-16)28-14-22(27)24(29-15(2)30)12-17-9-19(25)13-20(26)10-17/h7-11,13,22-24,28H,3-6,12,14,27H2,1-2H3,(H,29,30). The topological polar surface area (TPSA) is 50.1 Å². The molecule has 0 fully saturated rings. The third-order valence-corrected chi connectivity index (χ3v) is 5.93. The lowest BCUT2D eigenvalue weighted by Gasteiger charge is -2.31. The van der Waals surface area contributed by atoms with Gasteiger partial charge in [0.2, 0.25) is 0 Å². The number of thiocarbonyl (C=S) groups is 1. The Kier molecular flexibility index (Phi) is 7.92. The van der Waals surface area contributed by atoms with Gasteiger partial charge in [-0.05, 0) is 73.4 Å². The Morgan fingerprint density at radius 2 is 1.90 bits per heavy atom. The van der Waals surface area contributed by atoms with Crippen molar-refractivity contribution in [3.05, 3.63) is 70.3 Å². The summed E-state index contributed by atoms with van der Waals surface area (Å²) in [6.45, 7) is 4.54. The Labute approximate surface area is 183 Å². The molecule has 3 rings (SSSR count). The van der Waals surface area contributed by atoms with E-state index in [4.69, 9.17) is 18.0 Å². The van der Waals surface area contributed by atoms with E-state index in [0.717, 1.165) is 31.7 Å². The monoisotopic (exact) mass is 431 g/mol.